The average molecular weight is 334 g/mol. The molecule has 0 spiro atoms. The Morgan fingerprint density at radius 2 is 2.12 bits per heavy atom. The lowest BCUT2D eigenvalue weighted by Crippen LogP contribution is -2.36. The first-order valence-corrected chi connectivity index (χ1v) is 8.73. The second-order valence-electron chi connectivity index (χ2n) is 6.63. The number of rotatable bonds is 4. The predicted octanol–water partition coefficient (Wildman–Crippen LogP) is 2.73. The molecule has 6 heteroatoms. The normalized spacial score (nSPS) is 17.6. The van der Waals surface area contributed by atoms with Crippen molar-refractivity contribution >= 4 is 5.82 Å². The first-order chi connectivity index (χ1) is 12.3. The molecule has 4 heterocycles. The highest BCUT2D eigenvalue weighted by atomic mass is 15.2. The van der Waals surface area contributed by atoms with E-state index in [9.17, 15) is 0 Å². The van der Waals surface area contributed by atoms with Crippen molar-refractivity contribution in [3.63, 3.8) is 0 Å². The van der Waals surface area contributed by atoms with Crippen LogP contribution in [0.2, 0.25) is 0 Å². The third-order valence-electron chi connectivity index (χ3n) is 4.75. The van der Waals surface area contributed by atoms with Crippen molar-refractivity contribution in [3.05, 3.63) is 55.0 Å². The van der Waals surface area contributed by atoms with Gasteiger partial charge in [-0.05, 0) is 37.3 Å². The summed E-state index contributed by atoms with van der Waals surface area (Å²) in [7, 11) is 1.97. The molecule has 1 fully saturated rings. The largest absolute Gasteiger partial charge is 0.356 e. The molecule has 4 rings (SSSR count). The molecule has 0 bridgehead atoms. The number of imidazole rings is 1. The van der Waals surface area contributed by atoms with Crippen molar-refractivity contribution in [1.82, 2.24) is 24.5 Å². The highest BCUT2D eigenvalue weighted by molar-refractivity contribution is 5.52. The minimum atomic E-state index is 0.576. The molecule has 1 saturated heterocycles. The minimum Gasteiger partial charge on any atom is -0.356 e. The lowest BCUT2D eigenvalue weighted by Gasteiger charge is -2.33. The molecular formula is C19H22N6. The Morgan fingerprint density at radius 1 is 1.16 bits per heavy atom. The van der Waals surface area contributed by atoms with E-state index in [0.717, 1.165) is 42.4 Å². The van der Waals surface area contributed by atoms with Crippen LogP contribution in [0.25, 0.3) is 11.4 Å². The van der Waals surface area contributed by atoms with Crippen molar-refractivity contribution in [1.29, 1.82) is 0 Å². The molecule has 128 valence electrons. The van der Waals surface area contributed by atoms with E-state index in [1.54, 1.807) is 6.33 Å². The first kappa shape index (κ1) is 15.7. The molecule has 0 saturated carbocycles. The molecule has 3 aromatic heterocycles. The van der Waals surface area contributed by atoms with Gasteiger partial charge in [0.15, 0.2) is 0 Å². The van der Waals surface area contributed by atoms with Crippen molar-refractivity contribution in [2.24, 2.45) is 13.0 Å². The predicted molar refractivity (Wildman–Crippen MR) is 97.1 cm³/mol. The summed E-state index contributed by atoms with van der Waals surface area (Å²) >= 11 is 0. The molecule has 0 aromatic carbocycles. The number of piperidine rings is 1. The highest BCUT2D eigenvalue weighted by Gasteiger charge is 2.21. The molecule has 0 radical (unpaired) electrons. The van der Waals surface area contributed by atoms with Crippen LogP contribution in [0.5, 0.6) is 0 Å². The van der Waals surface area contributed by atoms with Gasteiger partial charge in [-0.3, -0.25) is 4.98 Å². The van der Waals surface area contributed by atoms with Crippen molar-refractivity contribution in [2.75, 3.05) is 18.0 Å². The Labute approximate surface area is 147 Å². The van der Waals surface area contributed by atoms with Crippen LogP contribution in [0.1, 0.15) is 18.5 Å². The van der Waals surface area contributed by atoms with Gasteiger partial charge in [-0.1, -0.05) is 6.07 Å². The van der Waals surface area contributed by atoms with Gasteiger partial charge in [0.25, 0.3) is 0 Å². The van der Waals surface area contributed by atoms with E-state index in [1.807, 2.05) is 42.5 Å². The summed E-state index contributed by atoms with van der Waals surface area (Å²) in [6.07, 6.45) is 12.5. The van der Waals surface area contributed by atoms with Gasteiger partial charge < -0.3 is 9.47 Å². The fourth-order valence-electron chi connectivity index (χ4n) is 3.51. The molecule has 1 aliphatic heterocycles. The molecule has 25 heavy (non-hydrogen) atoms. The maximum absolute atomic E-state index is 4.81. The maximum atomic E-state index is 4.81. The number of nitrogens with zero attached hydrogens (tertiary/aromatic N) is 6. The molecular weight excluding hydrogens is 312 g/mol. The molecule has 1 unspecified atom stereocenters. The van der Waals surface area contributed by atoms with Crippen LogP contribution in [0.15, 0.2) is 49.3 Å². The Bertz CT molecular complexity index is 829. The SMILES string of the molecule is Cn1cncc1-c1cncc(CC2CCCN(c3ccccn3)C2)n1. The summed E-state index contributed by atoms with van der Waals surface area (Å²) < 4.78 is 1.97. The van der Waals surface area contributed by atoms with Crippen LogP contribution in [0, 0.1) is 5.92 Å². The number of hydrogen-bond donors (Lipinski definition) is 0. The van der Waals surface area contributed by atoms with E-state index in [1.165, 1.54) is 12.8 Å². The second kappa shape index (κ2) is 7.01. The monoisotopic (exact) mass is 334 g/mol. The Hall–Kier alpha value is -2.76. The van der Waals surface area contributed by atoms with Gasteiger partial charge in [0.2, 0.25) is 0 Å². The number of pyridine rings is 1. The molecule has 0 amide bonds. The number of hydrogen-bond acceptors (Lipinski definition) is 5. The van der Waals surface area contributed by atoms with E-state index >= 15 is 0 Å². The Balaban J connectivity index is 1.48. The fourth-order valence-corrected chi connectivity index (χ4v) is 3.51. The van der Waals surface area contributed by atoms with Crippen LogP contribution < -0.4 is 4.90 Å². The van der Waals surface area contributed by atoms with Gasteiger partial charge in [0, 0.05) is 32.5 Å². The van der Waals surface area contributed by atoms with E-state index in [0.29, 0.717) is 5.92 Å². The minimum absolute atomic E-state index is 0.576. The molecule has 3 aromatic rings. The number of anilines is 1. The summed E-state index contributed by atoms with van der Waals surface area (Å²) in [6, 6.07) is 6.10. The van der Waals surface area contributed by atoms with E-state index < -0.39 is 0 Å². The van der Waals surface area contributed by atoms with Crippen LogP contribution in [0.4, 0.5) is 5.82 Å². The summed E-state index contributed by atoms with van der Waals surface area (Å²) in [5.41, 5.74) is 2.93. The molecule has 6 nitrogen and oxygen atoms in total. The molecule has 0 N–H and O–H groups in total. The van der Waals surface area contributed by atoms with Crippen LogP contribution in [0.3, 0.4) is 0 Å². The summed E-state index contributed by atoms with van der Waals surface area (Å²) in [4.78, 5) is 20.2. The number of aromatic nitrogens is 5. The average Bonchev–Trinajstić information content (AvgIpc) is 3.09. The van der Waals surface area contributed by atoms with E-state index in [-0.39, 0.29) is 0 Å². The zero-order valence-electron chi connectivity index (χ0n) is 14.4. The van der Waals surface area contributed by atoms with Gasteiger partial charge in [0.05, 0.1) is 30.1 Å². The van der Waals surface area contributed by atoms with Crippen molar-refractivity contribution in [2.45, 2.75) is 19.3 Å². The summed E-state index contributed by atoms with van der Waals surface area (Å²) in [5, 5.41) is 0. The summed E-state index contributed by atoms with van der Waals surface area (Å²) in [5.74, 6) is 1.65. The third kappa shape index (κ3) is 3.52. The molecule has 0 aliphatic carbocycles. The smallest absolute Gasteiger partial charge is 0.128 e. The standard InChI is InChI=1S/C19H22N6/c1-24-14-21-12-18(24)17-11-20-10-16(23-17)9-15-5-4-8-25(13-15)19-6-2-3-7-22-19/h2-3,6-7,10-12,14-15H,4-5,8-9,13H2,1H3. The van der Waals surface area contributed by atoms with Gasteiger partial charge in [-0.2, -0.15) is 0 Å². The van der Waals surface area contributed by atoms with Gasteiger partial charge in [0.1, 0.15) is 11.5 Å². The fraction of sp³-hybridized carbons (Fsp3) is 0.368. The van der Waals surface area contributed by atoms with Crippen LogP contribution in [-0.2, 0) is 13.5 Å². The molecule has 1 atom stereocenters. The lowest BCUT2D eigenvalue weighted by atomic mass is 9.93. The Kier molecular flexibility index (Phi) is 4.41. The Morgan fingerprint density at radius 3 is 2.92 bits per heavy atom. The topological polar surface area (TPSA) is 59.7 Å². The van der Waals surface area contributed by atoms with E-state index in [4.69, 9.17) is 4.98 Å². The zero-order valence-corrected chi connectivity index (χ0v) is 14.4. The van der Waals surface area contributed by atoms with Crippen LogP contribution >= 0.6 is 0 Å². The second-order valence-corrected chi connectivity index (χ2v) is 6.63. The third-order valence-corrected chi connectivity index (χ3v) is 4.75. The van der Waals surface area contributed by atoms with E-state index in [2.05, 4.69) is 32.0 Å². The van der Waals surface area contributed by atoms with Crippen molar-refractivity contribution < 1.29 is 0 Å². The maximum Gasteiger partial charge on any atom is 0.128 e. The lowest BCUT2D eigenvalue weighted by molar-refractivity contribution is 0.408. The first-order valence-electron chi connectivity index (χ1n) is 8.73. The van der Waals surface area contributed by atoms with Gasteiger partial charge >= 0.3 is 0 Å². The highest BCUT2D eigenvalue weighted by Crippen LogP contribution is 2.24. The van der Waals surface area contributed by atoms with Gasteiger partial charge in [-0.25, -0.2) is 15.0 Å². The van der Waals surface area contributed by atoms with Crippen molar-refractivity contribution in [3.8, 4) is 11.4 Å². The number of aryl methyl sites for hydroxylation is 1. The summed E-state index contributed by atoms with van der Waals surface area (Å²) in [6.45, 7) is 2.10. The zero-order chi connectivity index (χ0) is 17.1. The van der Waals surface area contributed by atoms with Crippen LogP contribution in [-0.4, -0.2) is 37.6 Å². The molecule has 1 aliphatic rings. The van der Waals surface area contributed by atoms with Gasteiger partial charge in [-0.15, -0.1) is 0 Å². The quantitative estimate of drug-likeness (QED) is 0.734.